The van der Waals surface area contributed by atoms with Crippen molar-refractivity contribution < 1.29 is 8.42 Å². The molecule has 3 aromatic rings. The summed E-state index contributed by atoms with van der Waals surface area (Å²) in [5.74, 6) is -0.00627. The number of nitrogens with zero attached hydrogens (tertiary/aromatic N) is 3. The number of hydrogen-bond donors (Lipinski definition) is 1. The first-order chi connectivity index (χ1) is 14.6. The predicted molar refractivity (Wildman–Crippen MR) is 121 cm³/mol. The Bertz CT molecular complexity index is 1030. The van der Waals surface area contributed by atoms with Crippen molar-refractivity contribution in [1.29, 1.82) is 0 Å². The van der Waals surface area contributed by atoms with E-state index in [9.17, 15) is 8.42 Å². The highest BCUT2D eigenvalue weighted by atomic mass is 32.2. The number of hydrogen-bond acceptors (Lipinski definition) is 5. The Balaban J connectivity index is 1.29. The minimum absolute atomic E-state index is 0.00627. The summed E-state index contributed by atoms with van der Waals surface area (Å²) in [6, 6.07) is 21.4. The zero-order valence-corrected chi connectivity index (χ0v) is 17.6. The Hall–Kier alpha value is -2.90. The molecule has 7 heteroatoms. The van der Waals surface area contributed by atoms with Gasteiger partial charge in [0, 0.05) is 56.5 Å². The summed E-state index contributed by atoms with van der Waals surface area (Å²) >= 11 is 0. The van der Waals surface area contributed by atoms with E-state index in [1.54, 1.807) is 0 Å². The highest BCUT2D eigenvalue weighted by Crippen LogP contribution is 2.20. The summed E-state index contributed by atoms with van der Waals surface area (Å²) in [6.07, 6.45) is 3.66. The van der Waals surface area contributed by atoms with Crippen molar-refractivity contribution in [3.05, 3.63) is 90.3 Å². The molecule has 1 aliphatic heterocycles. The Kier molecular flexibility index (Phi) is 6.30. The van der Waals surface area contributed by atoms with Crippen LogP contribution in [0, 0.1) is 0 Å². The number of nitrogens with one attached hydrogen (secondary N) is 1. The molecule has 156 valence electrons. The summed E-state index contributed by atoms with van der Waals surface area (Å²) in [4.78, 5) is 8.81. The second kappa shape index (κ2) is 9.28. The molecule has 30 heavy (non-hydrogen) atoms. The van der Waals surface area contributed by atoms with Gasteiger partial charge in [-0.05, 0) is 35.4 Å². The molecule has 0 spiro atoms. The lowest BCUT2D eigenvalue weighted by Gasteiger charge is -2.37. The molecule has 0 bridgehead atoms. The van der Waals surface area contributed by atoms with Gasteiger partial charge >= 0.3 is 0 Å². The molecule has 0 amide bonds. The molecule has 1 aliphatic rings. The molecule has 2 aromatic carbocycles. The third-order valence-corrected chi connectivity index (χ3v) is 6.60. The minimum atomic E-state index is -3.37. The molecule has 1 fully saturated rings. The monoisotopic (exact) mass is 422 g/mol. The molecule has 0 atom stereocenters. The fourth-order valence-electron chi connectivity index (χ4n) is 3.64. The lowest BCUT2D eigenvalue weighted by atomic mass is 10.1. The average molecular weight is 423 g/mol. The van der Waals surface area contributed by atoms with Crippen molar-refractivity contribution in [2.45, 2.75) is 12.3 Å². The van der Waals surface area contributed by atoms with Crippen LogP contribution < -0.4 is 14.5 Å². The molecule has 4 rings (SSSR count). The number of rotatable bonds is 7. The first-order valence-corrected chi connectivity index (χ1v) is 11.7. The molecule has 0 aliphatic carbocycles. The fraction of sp³-hybridized carbons (Fsp3) is 0.261. The summed E-state index contributed by atoms with van der Waals surface area (Å²) in [5, 5.41) is 0. The predicted octanol–water partition coefficient (Wildman–Crippen LogP) is 3.03. The summed E-state index contributed by atoms with van der Waals surface area (Å²) in [7, 11) is -3.37. The number of anilines is 2. The van der Waals surface area contributed by atoms with Gasteiger partial charge in [0.1, 0.15) is 0 Å². The SMILES string of the molecule is O=S(=O)(Cc1ccccc1)NCc1ccc(N2CCN(c3ccncc3)CC2)cc1. The van der Waals surface area contributed by atoms with E-state index in [0.717, 1.165) is 37.3 Å². The molecular formula is C23H26N4O2S. The summed E-state index contributed by atoms with van der Waals surface area (Å²) in [5.41, 5.74) is 4.11. The largest absolute Gasteiger partial charge is 0.368 e. The van der Waals surface area contributed by atoms with Crippen LogP contribution in [0.1, 0.15) is 11.1 Å². The lowest BCUT2D eigenvalue weighted by molar-refractivity contribution is 0.580. The molecule has 0 unspecified atom stereocenters. The molecule has 2 heterocycles. The zero-order valence-electron chi connectivity index (χ0n) is 16.8. The maximum atomic E-state index is 12.3. The van der Waals surface area contributed by atoms with Crippen molar-refractivity contribution in [3.63, 3.8) is 0 Å². The Morgan fingerprint density at radius 3 is 1.90 bits per heavy atom. The second-order valence-electron chi connectivity index (χ2n) is 7.41. The average Bonchev–Trinajstić information content (AvgIpc) is 2.79. The van der Waals surface area contributed by atoms with E-state index < -0.39 is 10.0 Å². The molecule has 0 saturated carbocycles. The number of pyridine rings is 1. The smallest absolute Gasteiger partial charge is 0.216 e. The van der Waals surface area contributed by atoms with Crippen LogP contribution in [0.4, 0.5) is 11.4 Å². The van der Waals surface area contributed by atoms with E-state index in [-0.39, 0.29) is 5.75 Å². The third-order valence-electron chi connectivity index (χ3n) is 5.30. The third kappa shape index (κ3) is 5.37. The van der Waals surface area contributed by atoms with Crippen LogP contribution in [0.25, 0.3) is 0 Å². The summed E-state index contributed by atoms with van der Waals surface area (Å²) in [6.45, 7) is 4.12. The lowest BCUT2D eigenvalue weighted by Crippen LogP contribution is -2.46. The Labute approximate surface area is 178 Å². The van der Waals surface area contributed by atoms with E-state index in [1.165, 1.54) is 11.4 Å². The van der Waals surface area contributed by atoms with E-state index in [4.69, 9.17) is 0 Å². The molecule has 1 saturated heterocycles. The van der Waals surface area contributed by atoms with E-state index in [0.29, 0.717) is 6.54 Å². The van der Waals surface area contributed by atoms with Gasteiger partial charge in [0.2, 0.25) is 10.0 Å². The van der Waals surface area contributed by atoms with Gasteiger partial charge in [0.25, 0.3) is 0 Å². The van der Waals surface area contributed by atoms with E-state index >= 15 is 0 Å². The number of sulfonamides is 1. The van der Waals surface area contributed by atoms with Gasteiger partial charge in [0.15, 0.2) is 0 Å². The maximum Gasteiger partial charge on any atom is 0.216 e. The topological polar surface area (TPSA) is 65.5 Å². The van der Waals surface area contributed by atoms with E-state index in [2.05, 4.69) is 31.6 Å². The van der Waals surface area contributed by atoms with Gasteiger partial charge < -0.3 is 9.80 Å². The molecule has 6 nitrogen and oxygen atoms in total. The Morgan fingerprint density at radius 2 is 1.30 bits per heavy atom. The first kappa shape index (κ1) is 20.4. The second-order valence-corrected chi connectivity index (χ2v) is 9.22. The van der Waals surface area contributed by atoms with Crippen LogP contribution >= 0.6 is 0 Å². The maximum absolute atomic E-state index is 12.3. The van der Waals surface area contributed by atoms with Gasteiger partial charge in [-0.15, -0.1) is 0 Å². The van der Waals surface area contributed by atoms with Crippen molar-refractivity contribution >= 4 is 21.4 Å². The highest BCUT2D eigenvalue weighted by Gasteiger charge is 2.17. The minimum Gasteiger partial charge on any atom is -0.368 e. The van der Waals surface area contributed by atoms with Gasteiger partial charge in [-0.2, -0.15) is 0 Å². The normalized spacial score (nSPS) is 14.7. The van der Waals surface area contributed by atoms with Gasteiger partial charge in [0.05, 0.1) is 5.75 Å². The molecular weight excluding hydrogens is 396 g/mol. The van der Waals surface area contributed by atoms with Crippen LogP contribution in [0.5, 0.6) is 0 Å². The molecule has 1 aromatic heterocycles. The van der Waals surface area contributed by atoms with Gasteiger partial charge in [-0.25, -0.2) is 13.1 Å². The molecule has 0 radical (unpaired) electrons. The van der Waals surface area contributed by atoms with Crippen molar-refractivity contribution in [2.24, 2.45) is 0 Å². The summed E-state index contributed by atoms with van der Waals surface area (Å²) < 4.78 is 27.3. The zero-order chi connectivity index (χ0) is 20.8. The molecule has 1 N–H and O–H groups in total. The van der Waals surface area contributed by atoms with Crippen LogP contribution in [0.15, 0.2) is 79.1 Å². The standard InChI is InChI=1S/C23H26N4O2S/c28-30(29,19-21-4-2-1-3-5-21)25-18-20-6-8-22(9-7-20)26-14-16-27(17-15-26)23-10-12-24-13-11-23/h1-13,25H,14-19H2. The van der Waals surface area contributed by atoms with Gasteiger partial charge in [-0.3, -0.25) is 4.98 Å². The van der Waals surface area contributed by atoms with Gasteiger partial charge in [-0.1, -0.05) is 42.5 Å². The fourth-order valence-corrected chi connectivity index (χ4v) is 4.76. The first-order valence-electron chi connectivity index (χ1n) is 10.1. The number of benzene rings is 2. The van der Waals surface area contributed by atoms with Crippen LogP contribution in [-0.2, 0) is 22.3 Å². The highest BCUT2D eigenvalue weighted by molar-refractivity contribution is 7.88. The van der Waals surface area contributed by atoms with Crippen LogP contribution in [0.2, 0.25) is 0 Å². The number of aromatic nitrogens is 1. The quantitative estimate of drug-likeness (QED) is 0.634. The van der Waals surface area contributed by atoms with Crippen LogP contribution in [-0.4, -0.2) is 39.6 Å². The van der Waals surface area contributed by atoms with Crippen molar-refractivity contribution in [3.8, 4) is 0 Å². The van der Waals surface area contributed by atoms with E-state index in [1.807, 2.05) is 67.0 Å². The van der Waals surface area contributed by atoms with Crippen molar-refractivity contribution in [2.75, 3.05) is 36.0 Å². The van der Waals surface area contributed by atoms with Crippen molar-refractivity contribution in [1.82, 2.24) is 9.71 Å². The van der Waals surface area contributed by atoms with Crippen LogP contribution in [0.3, 0.4) is 0 Å². The number of piperazine rings is 1. The Morgan fingerprint density at radius 1 is 0.733 bits per heavy atom.